The van der Waals surface area contributed by atoms with Crippen LogP contribution >= 0.6 is 0 Å². The lowest BCUT2D eigenvalue weighted by atomic mass is 9.98. The van der Waals surface area contributed by atoms with Gasteiger partial charge in [0.15, 0.2) is 11.5 Å². The molecule has 0 aliphatic rings. The van der Waals surface area contributed by atoms with Gasteiger partial charge in [0.1, 0.15) is 5.75 Å². The fourth-order valence-corrected chi connectivity index (χ4v) is 2.42. The third-order valence-corrected chi connectivity index (χ3v) is 3.43. The number of nitrogens with two attached hydrogens (primary N) is 2. The van der Waals surface area contributed by atoms with E-state index in [1.807, 2.05) is 0 Å². The van der Waals surface area contributed by atoms with Crippen molar-refractivity contribution in [1.82, 2.24) is 0 Å². The largest absolute Gasteiger partial charge is 0.507 e. The number of ether oxygens (including phenoxy) is 1. The van der Waals surface area contributed by atoms with Crippen LogP contribution in [0.2, 0.25) is 0 Å². The van der Waals surface area contributed by atoms with Crippen molar-refractivity contribution in [1.29, 1.82) is 0 Å². The van der Waals surface area contributed by atoms with E-state index in [1.165, 1.54) is 7.11 Å². The minimum atomic E-state index is 0.00351. The molecule has 0 aliphatic heterocycles. The maximum atomic E-state index is 10.3. The van der Waals surface area contributed by atoms with E-state index in [9.17, 15) is 10.2 Å². The lowest BCUT2D eigenvalue weighted by Gasteiger charge is -2.13. The molecule has 0 saturated heterocycles. The fraction of sp³-hybridized carbons (Fsp3) is 0.176. The fourth-order valence-electron chi connectivity index (χ4n) is 2.42. The number of nitrogen functional groups attached to an aromatic ring is 2. The molecular formula is C17H20N2O3. The molecule has 0 atom stereocenters. The second kappa shape index (κ2) is 6.30. The van der Waals surface area contributed by atoms with Crippen molar-refractivity contribution in [3.8, 4) is 17.2 Å². The highest BCUT2D eigenvalue weighted by atomic mass is 16.5. The predicted octanol–water partition coefficient (Wildman–Crippen LogP) is 2.59. The standard InChI is InChI=1S/C17H20N2O3/c1-3-4-10-6-13(18)7-11(16(10)20)5-12-8-14(19)9-15(22-2)17(12)21/h3,6-9,20-21H,1,4-5,18-19H2,2H3. The molecule has 2 rings (SSSR count). The Bertz CT molecular complexity index is 712. The van der Waals surface area contributed by atoms with Gasteiger partial charge in [0.25, 0.3) is 0 Å². The van der Waals surface area contributed by atoms with Crippen molar-refractivity contribution in [2.24, 2.45) is 0 Å². The number of hydrogen-bond donors (Lipinski definition) is 4. The third-order valence-electron chi connectivity index (χ3n) is 3.43. The highest BCUT2D eigenvalue weighted by Gasteiger charge is 2.14. The number of anilines is 2. The second-order valence-electron chi connectivity index (χ2n) is 5.09. The first-order chi connectivity index (χ1) is 10.5. The van der Waals surface area contributed by atoms with Crippen LogP contribution in [0.1, 0.15) is 16.7 Å². The third kappa shape index (κ3) is 3.09. The highest BCUT2D eigenvalue weighted by molar-refractivity contribution is 5.60. The Balaban J connectivity index is 2.47. The van der Waals surface area contributed by atoms with Gasteiger partial charge in [-0.1, -0.05) is 6.08 Å². The molecule has 0 spiro atoms. The molecule has 0 bridgehead atoms. The van der Waals surface area contributed by atoms with Gasteiger partial charge < -0.3 is 26.4 Å². The van der Waals surface area contributed by atoms with Gasteiger partial charge in [-0.25, -0.2) is 0 Å². The van der Waals surface area contributed by atoms with E-state index in [4.69, 9.17) is 16.2 Å². The Labute approximate surface area is 129 Å². The molecule has 2 aromatic rings. The predicted molar refractivity (Wildman–Crippen MR) is 88.3 cm³/mol. The number of aromatic hydroxyl groups is 2. The van der Waals surface area contributed by atoms with Crippen LogP contribution in [0, 0.1) is 0 Å². The molecule has 5 nitrogen and oxygen atoms in total. The van der Waals surface area contributed by atoms with E-state index in [2.05, 4.69) is 6.58 Å². The molecular weight excluding hydrogens is 280 g/mol. The van der Waals surface area contributed by atoms with Crippen LogP contribution in [0.4, 0.5) is 11.4 Å². The number of benzene rings is 2. The molecule has 22 heavy (non-hydrogen) atoms. The summed E-state index contributed by atoms with van der Waals surface area (Å²) in [6.07, 6.45) is 2.49. The van der Waals surface area contributed by atoms with Crippen molar-refractivity contribution >= 4 is 11.4 Å². The molecule has 0 heterocycles. The van der Waals surface area contributed by atoms with Crippen molar-refractivity contribution in [2.45, 2.75) is 12.8 Å². The van der Waals surface area contributed by atoms with Crippen molar-refractivity contribution < 1.29 is 14.9 Å². The molecule has 0 amide bonds. The van der Waals surface area contributed by atoms with Crippen LogP contribution < -0.4 is 16.2 Å². The van der Waals surface area contributed by atoms with Gasteiger partial charge in [-0.15, -0.1) is 6.58 Å². The number of phenols is 2. The van der Waals surface area contributed by atoms with Gasteiger partial charge in [0, 0.05) is 35.0 Å². The number of hydrogen-bond acceptors (Lipinski definition) is 5. The molecule has 0 unspecified atom stereocenters. The van der Waals surface area contributed by atoms with E-state index in [1.54, 1.807) is 30.3 Å². The monoisotopic (exact) mass is 300 g/mol. The average Bonchev–Trinajstić information content (AvgIpc) is 2.47. The molecule has 0 aliphatic carbocycles. The van der Waals surface area contributed by atoms with Crippen LogP contribution in [0.15, 0.2) is 36.9 Å². The summed E-state index contributed by atoms with van der Waals surface area (Å²) in [5, 5.41) is 20.5. The Hall–Kier alpha value is -2.82. The lowest BCUT2D eigenvalue weighted by Crippen LogP contribution is -1.99. The normalized spacial score (nSPS) is 10.4. The lowest BCUT2D eigenvalue weighted by molar-refractivity contribution is 0.371. The molecule has 2 aromatic carbocycles. The Morgan fingerprint density at radius 2 is 1.55 bits per heavy atom. The van der Waals surface area contributed by atoms with E-state index in [-0.39, 0.29) is 17.9 Å². The van der Waals surface area contributed by atoms with E-state index in [0.717, 1.165) is 0 Å². The zero-order valence-corrected chi connectivity index (χ0v) is 12.5. The molecule has 0 fully saturated rings. The molecule has 0 saturated carbocycles. The summed E-state index contributed by atoms with van der Waals surface area (Å²) in [6, 6.07) is 6.58. The maximum Gasteiger partial charge on any atom is 0.162 e. The van der Waals surface area contributed by atoms with Gasteiger partial charge in [-0.2, -0.15) is 0 Å². The first-order valence-corrected chi connectivity index (χ1v) is 6.82. The summed E-state index contributed by atoms with van der Waals surface area (Å²) in [4.78, 5) is 0. The zero-order valence-electron chi connectivity index (χ0n) is 12.5. The van der Waals surface area contributed by atoms with Crippen LogP contribution in [-0.4, -0.2) is 17.3 Å². The van der Waals surface area contributed by atoms with E-state index in [0.29, 0.717) is 40.2 Å². The van der Waals surface area contributed by atoms with Crippen LogP contribution in [0.5, 0.6) is 17.2 Å². The quantitative estimate of drug-likeness (QED) is 0.386. The van der Waals surface area contributed by atoms with Crippen molar-refractivity contribution in [3.63, 3.8) is 0 Å². The molecule has 0 aromatic heterocycles. The van der Waals surface area contributed by atoms with Crippen molar-refractivity contribution in [2.75, 3.05) is 18.6 Å². The summed E-state index contributed by atoms with van der Waals surface area (Å²) in [5.41, 5.74) is 14.6. The first-order valence-electron chi connectivity index (χ1n) is 6.82. The summed E-state index contributed by atoms with van der Waals surface area (Å²) < 4.78 is 5.09. The Morgan fingerprint density at radius 1 is 1.00 bits per heavy atom. The van der Waals surface area contributed by atoms with Crippen LogP contribution in [-0.2, 0) is 12.8 Å². The number of allylic oxidation sites excluding steroid dienone is 1. The van der Waals surface area contributed by atoms with Gasteiger partial charge in [-0.3, -0.25) is 0 Å². The average molecular weight is 300 g/mol. The smallest absolute Gasteiger partial charge is 0.162 e. The minimum Gasteiger partial charge on any atom is -0.507 e. The Kier molecular flexibility index (Phi) is 4.46. The minimum absolute atomic E-state index is 0.00351. The first kappa shape index (κ1) is 15.6. The summed E-state index contributed by atoms with van der Waals surface area (Å²) >= 11 is 0. The maximum absolute atomic E-state index is 10.3. The Morgan fingerprint density at radius 3 is 2.14 bits per heavy atom. The SMILES string of the molecule is C=CCc1cc(N)cc(Cc2cc(N)cc(OC)c2O)c1O. The van der Waals surface area contributed by atoms with E-state index < -0.39 is 0 Å². The highest BCUT2D eigenvalue weighted by Crippen LogP contribution is 2.36. The van der Waals surface area contributed by atoms with Gasteiger partial charge in [0.2, 0.25) is 0 Å². The zero-order chi connectivity index (χ0) is 16.3. The number of methoxy groups -OCH3 is 1. The number of phenolic OH excluding ortho intramolecular Hbond substituents is 2. The molecule has 116 valence electrons. The molecule has 0 radical (unpaired) electrons. The van der Waals surface area contributed by atoms with Gasteiger partial charge >= 0.3 is 0 Å². The second-order valence-corrected chi connectivity index (χ2v) is 5.09. The summed E-state index contributed by atoms with van der Waals surface area (Å²) in [6.45, 7) is 3.66. The summed E-state index contributed by atoms with van der Waals surface area (Å²) in [5.74, 6) is 0.448. The van der Waals surface area contributed by atoms with Crippen LogP contribution in [0.25, 0.3) is 0 Å². The number of rotatable bonds is 5. The van der Waals surface area contributed by atoms with Gasteiger partial charge in [0.05, 0.1) is 7.11 Å². The van der Waals surface area contributed by atoms with Gasteiger partial charge in [-0.05, 0) is 30.2 Å². The van der Waals surface area contributed by atoms with Crippen molar-refractivity contribution in [3.05, 3.63) is 53.6 Å². The van der Waals surface area contributed by atoms with Crippen LogP contribution in [0.3, 0.4) is 0 Å². The topological polar surface area (TPSA) is 102 Å². The molecule has 5 heteroatoms. The summed E-state index contributed by atoms with van der Waals surface area (Å²) in [7, 11) is 1.46. The van der Waals surface area contributed by atoms with E-state index >= 15 is 0 Å². The molecule has 6 N–H and O–H groups in total.